The molecule has 8 heteroatoms. The lowest BCUT2D eigenvalue weighted by molar-refractivity contribution is -0.118. The first-order chi connectivity index (χ1) is 13.6. The molecule has 1 amide bonds. The van der Waals surface area contributed by atoms with Crippen molar-refractivity contribution < 1.29 is 9.53 Å². The molecular weight excluding hydrogens is 396 g/mol. The van der Waals surface area contributed by atoms with E-state index in [1.165, 1.54) is 0 Å². The topological polar surface area (TPSA) is 57.7 Å². The smallest absolute Gasteiger partial charge is 0.262 e. The third-order valence-corrected chi connectivity index (χ3v) is 5.95. The molecule has 0 spiro atoms. The Labute approximate surface area is 172 Å². The summed E-state index contributed by atoms with van der Waals surface area (Å²) >= 11 is 7.50. The number of thiazole rings is 1. The number of hydrogen-bond donors (Lipinski definition) is 1. The number of carbonyl (C=O) groups excluding carboxylic acids is 1. The van der Waals surface area contributed by atoms with E-state index in [1.807, 2.05) is 18.2 Å². The largest absolute Gasteiger partial charge is 0.484 e. The van der Waals surface area contributed by atoms with Crippen LogP contribution in [-0.2, 0) is 4.79 Å². The van der Waals surface area contributed by atoms with Crippen molar-refractivity contribution in [2.24, 2.45) is 0 Å². The van der Waals surface area contributed by atoms with Crippen LogP contribution in [-0.4, -0.2) is 55.6 Å². The van der Waals surface area contributed by atoms with Gasteiger partial charge in [0.25, 0.3) is 5.91 Å². The zero-order valence-electron chi connectivity index (χ0n) is 15.5. The van der Waals surface area contributed by atoms with Gasteiger partial charge in [-0.3, -0.25) is 4.79 Å². The number of nitrogens with zero attached hydrogens (tertiary/aromatic N) is 3. The molecule has 6 nitrogen and oxygen atoms in total. The maximum absolute atomic E-state index is 12.2. The van der Waals surface area contributed by atoms with E-state index in [0.29, 0.717) is 10.8 Å². The Hall–Kier alpha value is -2.35. The second kappa shape index (κ2) is 8.34. The van der Waals surface area contributed by atoms with Crippen molar-refractivity contribution in [2.75, 3.05) is 50.1 Å². The summed E-state index contributed by atoms with van der Waals surface area (Å²) in [7, 11) is 2.14. The third kappa shape index (κ3) is 4.55. The Balaban J connectivity index is 1.38. The summed E-state index contributed by atoms with van der Waals surface area (Å²) < 4.78 is 6.54. The highest BCUT2D eigenvalue weighted by Crippen LogP contribution is 2.31. The fraction of sp³-hybridized carbons (Fsp3) is 0.300. The highest BCUT2D eigenvalue weighted by molar-refractivity contribution is 7.22. The predicted molar refractivity (Wildman–Crippen MR) is 115 cm³/mol. The Morgan fingerprint density at radius 2 is 1.93 bits per heavy atom. The molecule has 0 saturated carbocycles. The van der Waals surface area contributed by atoms with Gasteiger partial charge in [-0.1, -0.05) is 22.9 Å². The van der Waals surface area contributed by atoms with Crippen LogP contribution in [0, 0.1) is 0 Å². The van der Waals surface area contributed by atoms with E-state index in [0.717, 1.165) is 47.2 Å². The van der Waals surface area contributed by atoms with Crippen LogP contribution in [0.2, 0.25) is 5.02 Å². The van der Waals surface area contributed by atoms with E-state index < -0.39 is 0 Å². The van der Waals surface area contributed by atoms with Gasteiger partial charge in [-0.25, -0.2) is 4.98 Å². The molecule has 1 saturated heterocycles. The normalized spacial score (nSPS) is 15.0. The van der Waals surface area contributed by atoms with Crippen LogP contribution in [0.5, 0.6) is 5.75 Å². The van der Waals surface area contributed by atoms with Crippen LogP contribution >= 0.6 is 22.9 Å². The fourth-order valence-corrected chi connectivity index (χ4v) is 4.18. The molecule has 28 heavy (non-hydrogen) atoms. The summed E-state index contributed by atoms with van der Waals surface area (Å²) in [5.74, 6) is 0.396. The molecule has 1 aliphatic rings. The molecule has 4 rings (SSSR count). The van der Waals surface area contributed by atoms with Crippen molar-refractivity contribution in [3.8, 4) is 5.75 Å². The van der Waals surface area contributed by atoms with Gasteiger partial charge in [0.2, 0.25) is 0 Å². The van der Waals surface area contributed by atoms with Gasteiger partial charge >= 0.3 is 0 Å². The van der Waals surface area contributed by atoms with E-state index in [-0.39, 0.29) is 12.5 Å². The number of likely N-dealkylation sites (N-methyl/N-ethyl adjacent to an activating group) is 1. The number of halogens is 1. The van der Waals surface area contributed by atoms with Gasteiger partial charge in [0, 0.05) is 36.9 Å². The molecule has 146 valence electrons. The molecule has 2 aromatic carbocycles. The van der Waals surface area contributed by atoms with Crippen molar-refractivity contribution in [1.82, 2.24) is 9.88 Å². The molecule has 0 atom stereocenters. The maximum atomic E-state index is 12.2. The van der Waals surface area contributed by atoms with Gasteiger partial charge in [-0.05, 0) is 49.5 Å². The first-order valence-corrected chi connectivity index (χ1v) is 10.3. The number of carbonyl (C=O) groups is 1. The van der Waals surface area contributed by atoms with Crippen molar-refractivity contribution >= 4 is 49.9 Å². The Kier molecular flexibility index (Phi) is 5.66. The number of amides is 1. The number of aromatic nitrogens is 1. The van der Waals surface area contributed by atoms with Crippen LogP contribution in [0.15, 0.2) is 42.5 Å². The summed E-state index contributed by atoms with van der Waals surface area (Å²) in [6, 6.07) is 12.7. The van der Waals surface area contributed by atoms with Gasteiger partial charge in [0.05, 0.1) is 10.2 Å². The second-order valence-corrected chi connectivity index (χ2v) is 8.21. The molecule has 0 bridgehead atoms. The second-order valence-electron chi connectivity index (χ2n) is 6.76. The summed E-state index contributed by atoms with van der Waals surface area (Å²) in [6.07, 6.45) is 0. The number of fused-ring (bicyclic) bond motifs is 1. The first-order valence-electron chi connectivity index (χ1n) is 9.09. The molecule has 1 fully saturated rings. The van der Waals surface area contributed by atoms with Gasteiger partial charge < -0.3 is 19.9 Å². The Morgan fingerprint density at radius 3 is 2.68 bits per heavy atom. The monoisotopic (exact) mass is 416 g/mol. The SMILES string of the molecule is CN1CCN(c2nc3ccc(NC(=O)COc4ccc(Cl)cc4)cc3s2)CC1. The minimum absolute atomic E-state index is 0.0606. The third-order valence-electron chi connectivity index (χ3n) is 4.62. The molecule has 0 radical (unpaired) electrons. The summed E-state index contributed by atoms with van der Waals surface area (Å²) in [6.45, 7) is 4.01. The molecule has 3 aromatic rings. The summed E-state index contributed by atoms with van der Waals surface area (Å²) in [5.41, 5.74) is 1.69. The zero-order chi connectivity index (χ0) is 19.5. The van der Waals surface area contributed by atoms with E-state index in [9.17, 15) is 4.79 Å². The van der Waals surface area contributed by atoms with Crippen LogP contribution in [0.3, 0.4) is 0 Å². The summed E-state index contributed by atoms with van der Waals surface area (Å²) in [4.78, 5) is 21.6. The van der Waals surface area contributed by atoms with Crippen LogP contribution in [0.1, 0.15) is 0 Å². The van der Waals surface area contributed by atoms with Crippen molar-refractivity contribution in [3.63, 3.8) is 0 Å². The minimum atomic E-state index is -0.210. The average molecular weight is 417 g/mol. The number of rotatable bonds is 5. The molecule has 1 aliphatic heterocycles. The number of anilines is 2. The predicted octanol–water partition coefficient (Wildman–Crippen LogP) is 3.72. The standard InChI is InChI=1S/C20H21ClN4O2S/c1-24-8-10-25(11-9-24)20-23-17-7-4-15(12-18(17)28-20)22-19(26)13-27-16-5-2-14(21)3-6-16/h2-7,12H,8-11,13H2,1H3,(H,22,26). The lowest BCUT2D eigenvalue weighted by Crippen LogP contribution is -2.44. The Bertz CT molecular complexity index is 968. The number of ether oxygens (including phenoxy) is 1. The molecular formula is C20H21ClN4O2S. The maximum Gasteiger partial charge on any atom is 0.262 e. The first kappa shape index (κ1) is 19.0. The van der Waals surface area contributed by atoms with Crippen molar-refractivity contribution in [3.05, 3.63) is 47.5 Å². The van der Waals surface area contributed by atoms with E-state index in [2.05, 4.69) is 22.2 Å². The highest BCUT2D eigenvalue weighted by atomic mass is 35.5. The van der Waals surface area contributed by atoms with Crippen molar-refractivity contribution in [1.29, 1.82) is 0 Å². The molecule has 2 heterocycles. The average Bonchev–Trinajstić information content (AvgIpc) is 3.11. The minimum Gasteiger partial charge on any atom is -0.484 e. The molecule has 1 aromatic heterocycles. The molecule has 0 unspecified atom stereocenters. The van der Waals surface area contributed by atoms with E-state index >= 15 is 0 Å². The number of benzene rings is 2. The quantitative estimate of drug-likeness (QED) is 0.687. The van der Waals surface area contributed by atoms with Crippen LogP contribution in [0.4, 0.5) is 10.8 Å². The van der Waals surface area contributed by atoms with E-state index in [4.69, 9.17) is 21.3 Å². The number of piperazine rings is 1. The lowest BCUT2D eigenvalue weighted by Gasteiger charge is -2.31. The summed E-state index contributed by atoms with van der Waals surface area (Å²) in [5, 5.41) is 4.55. The Morgan fingerprint density at radius 1 is 1.18 bits per heavy atom. The number of nitrogens with one attached hydrogen (secondary N) is 1. The highest BCUT2D eigenvalue weighted by Gasteiger charge is 2.17. The van der Waals surface area contributed by atoms with E-state index in [1.54, 1.807) is 35.6 Å². The van der Waals surface area contributed by atoms with Gasteiger partial charge in [-0.15, -0.1) is 0 Å². The van der Waals surface area contributed by atoms with Crippen LogP contribution < -0.4 is 15.0 Å². The van der Waals surface area contributed by atoms with Crippen molar-refractivity contribution in [2.45, 2.75) is 0 Å². The molecule has 1 N–H and O–H groups in total. The number of hydrogen-bond acceptors (Lipinski definition) is 6. The van der Waals surface area contributed by atoms with Crippen LogP contribution in [0.25, 0.3) is 10.2 Å². The lowest BCUT2D eigenvalue weighted by atomic mass is 10.3. The van der Waals surface area contributed by atoms with Gasteiger partial charge in [0.1, 0.15) is 5.75 Å². The zero-order valence-corrected chi connectivity index (χ0v) is 17.1. The van der Waals surface area contributed by atoms with Gasteiger partial charge in [0.15, 0.2) is 11.7 Å². The van der Waals surface area contributed by atoms with Gasteiger partial charge in [-0.2, -0.15) is 0 Å². The molecule has 0 aliphatic carbocycles. The fourth-order valence-electron chi connectivity index (χ4n) is 3.00.